The first-order chi connectivity index (χ1) is 12.4. The molecule has 1 N–H and O–H groups in total. The molecule has 7 heteroatoms. The van der Waals surface area contributed by atoms with Crippen LogP contribution < -0.4 is 4.90 Å². The van der Waals surface area contributed by atoms with Crippen LogP contribution >= 0.6 is 0 Å². The van der Waals surface area contributed by atoms with Crippen molar-refractivity contribution in [2.45, 2.75) is 19.8 Å². The number of aromatic nitrogens is 2. The van der Waals surface area contributed by atoms with Gasteiger partial charge in [0.25, 0.3) is 5.91 Å². The van der Waals surface area contributed by atoms with E-state index in [9.17, 15) is 9.59 Å². The Morgan fingerprint density at radius 2 is 1.81 bits per heavy atom. The van der Waals surface area contributed by atoms with Gasteiger partial charge in [-0.05, 0) is 30.2 Å². The highest BCUT2D eigenvalue weighted by Gasteiger charge is 2.25. The van der Waals surface area contributed by atoms with Gasteiger partial charge in [0.05, 0.1) is 11.3 Å². The van der Waals surface area contributed by atoms with Gasteiger partial charge < -0.3 is 14.9 Å². The van der Waals surface area contributed by atoms with Gasteiger partial charge in [-0.3, -0.25) is 9.48 Å². The molecule has 7 nitrogen and oxygen atoms in total. The molecule has 0 aliphatic carbocycles. The first-order valence-corrected chi connectivity index (χ1v) is 8.78. The zero-order valence-electron chi connectivity index (χ0n) is 15.3. The SMILES string of the molecule is CC(C)c1cc(C(=O)N2CCN(c3cccc(C(=O)O)c3)CC2)n(C)n1. The molecule has 1 aromatic heterocycles. The van der Waals surface area contributed by atoms with E-state index in [1.54, 1.807) is 29.9 Å². The Hall–Kier alpha value is -2.83. The van der Waals surface area contributed by atoms with Gasteiger partial charge in [-0.2, -0.15) is 5.10 Å². The molecular formula is C19H24N4O3. The van der Waals surface area contributed by atoms with Crippen molar-refractivity contribution in [3.63, 3.8) is 0 Å². The van der Waals surface area contributed by atoms with Crippen LogP contribution in [0, 0.1) is 0 Å². The second-order valence-electron chi connectivity index (χ2n) is 6.87. The fourth-order valence-corrected chi connectivity index (χ4v) is 3.14. The highest BCUT2D eigenvalue weighted by Crippen LogP contribution is 2.20. The van der Waals surface area contributed by atoms with E-state index in [1.165, 1.54) is 0 Å². The minimum atomic E-state index is -0.933. The number of amides is 1. The van der Waals surface area contributed by atoms with Crippen LogP contribution in [0.5, 0.6) is 0 Å². The van der Waals surface area contributed by atoms with Crippen molar-refractivity contribution >= 4 is 17.6 Å². The molecule has 0 bridgehead atoms. The standard InChI is InChI=1S/C19H24N4O3/c1-13(2)16-12-17(21(3)20-16)18(24)23-9-7-22(8-10-23)15-6-4-5-14(11-15)19(25)26/h4-6,11-13H,7-10H2,1-3H3,(H,25,26). The number of anilines is 1. The number of benzene rings is 1. The average Bonchev–Trinajstić information content (AvgIpc) is 3.03. The smallest absolute Gasteiger partial charge is 0.335 e. The van der Waals surface area contributed by atoms with Gasteiger partial charge in [0.2, 0.25) is 0 Å². The number of nitrogens with zero attached hydrogens (tertiary/aromatic N) is 4. The summed E-state index contributed by atoms with van der Waals surface area (Å²) in [6, 6.07) is 8.78. The normalized spacial score (nSPS) is 14.8. The first-order valence-electron chi connectivity index (χ1n) is 8.78. The van der Waals surface area contributed by atoms with E-state index >= 15 is 0 Å². The Kier molecular flexibility index (Phi) is 4.97. The summed E-state index contributed by atoms with van der Waals surface area (Å²) in [5.41, 5.74) is 2.67. The third kappa shape index (κ3) is 3.56. The van der Waals surface area contributed by atoms with Crippen molar-refractivity contribution in [3.05, 3.63) is 47.3 Å². The number of carbonyl (C=O) groups is 2. The Labute approximate surface area is 152 Å². The van der Waals surface area contributed by atoms with Crippen molar-refractivity contribution in [1.82, 2.24) is 14.7 Å². The van der Waals surface area contributed by atoms with Gasteiger partial charge in [-0.1, -0.05) is 19.9 Å². The van der Waals surface area contributed by atoms with Gasteiger partial charge in [-0.25, -0.2) is 4.79 Å². The van der Waals surface area contributed by atoms with Crippen molar-refractivity contribution in [3.8, 4) is 0 Å². The second kappa shape index (κ2) is 7.19. The van der Waals surface area contributed by atoms with Crippen LogP contribution in [0.2, 0.25) is 0 Å². The number of aryl methyl sites for hydroxylation is 1. The predicted molar refractivity (Wildman–Crippen MR) is 98.8 cm³/mol. The van der Waals surface area contributed by atoms with E-state index in [0.717, 1.165) is 11.4 Å². The molecule has 1 fully saturated rings. The van der Waals surface area contributed by atoms with Crippen molar-refractivity contribution < 1.29 is 14.7 Å². The van der Waals surface area contributed by atoms with Crippen LogP contribution in [0.25, 0.3) is 0 Å². The molecule has 1 aliphatic rings. The lowest BCUT2D eigenvalue weighted by atomic mass is 10.1. The fraction of sp³-hybridized carbons (Fsp3) is 0.421. The average molecular weight is 356 g/mol. The van der Waals surface area contributed by atoms with E-state index in [1.807, 2.05) is 17.0 Å². The maximum absolute atomic E-state index is 12.8. The number of rotatable bonds is 4. The molecule has 26 heavy (non-hydrogen) atoms. The molecule has 0 saturated carbocycles. The number of carboxylic acid groups (broad SMARTS) is 1. The molecule has 0 spiro atoms. The predicted octanol–water partition coefficient (Wildman–Crippen LogP) is 2.20. The lowest BCUT2D eigenvalue weighted by molar-refractivity contribution is 0.0695. The number of hydrogen-bond donors (Lipinski definition) is 1. The van der Waals surface area contributed by atoms with Gasteiger partial charge in [0.1, 0.15) is 5.69 Å². The van der Waals surface area contributed by atoms with Crippen LogP contribution in [0.15, 0.2) is 30.3 Å². The molecule has 1 saturated heterocycles. The number of hydrogen-bond acceptors (Lipinski definition) is 4. The third-order valence-electron chi connectivity index (χ3n) is 4.73. The summed E-state index contributed by atoms with van der Waals surface area (Å²) in [6.45, 7) is 6.64. The van der Waals surface area contributed by atoms with E-state index < -0.39 is 5.97 Å². The Morgan fingerprint density at radius 1 is 1.12 bits per heavy atom. The summed E-state index contributed by atoms with van der Waals surface area (Å²) in [5.74, 6) is -0.662. The quantitative estimate of drug-likeness (QED) is 0.909. The van der Waals surface area contributed by atoms with E-state index in [-0.39, 0.29) is 17.4 Å². The van der Waals surface area contributed by atoms with Crippen LogP contribution in [0.3, 0.4) is 0 Å². The summed E-state index contributed by atoms with van der Waals surface area (Å²) in [5, 5.41) is 13.6. The summed E-state index contributed by atoms with van der Waals surface area (Å²) >= 11 is 0. The minimum absolute atomic E-state index is 0.00848. The maximum atomic E-state index is 12.8. The lowest BCUT2D eigenvalue weighted by Crippen LogP contribution is -2.49. The second-order valence-corrected chi connectivity index (χ2v) is 6.87. The zero-order chi connectivity index (χ0) is 18.8. The summed E-state index contributed by atoms with van der Waals surface area (Å²) in [4.78, 5) is 27.9. The Balaban J connectivity index is 1.67. The molecule has 3 rings (SSSR count). The molecule has 1 aromatic carbocycles. The topological polar surface area (TPSA) is 78.7 Å². The van der Waals surface area contributed by atoms with E-state index in [0.29, 0.717) is 31.9 Å². The van der Waals surface area contributed by atoms with Crippen molar-refractivity contribution in [2.75, 3.05) is 31.1 Å². The molecule has 2 heterocycles. The van der Waals surface area contributed by atoms with Crippen LogP contribution in [0.4, 0.5) is 5.69 Å². The number of aromatic carboxylic acids is 1. The van der Waals surface area contributed by atoms with E-state index in [2.05, 4.69) is 23.8 Å². The maximum Gasteiger partial charge on any atom is 0.335 e. The zero-order valence-corrected chi connectivity index (χ0v) is 15.3. The molecule has 0 unspecified atom stereocenters. The summed E-state index contributed by atoms with van der Waals surface area (Å²) < 4.78 is 1.65. The first kappa shape index (κ1) is 18.0. The number of piperazine rings is 1. The van der Waals surface area contributed by atoms with Crippen LogP contribution in [-0.4, -0.2) is 57.8 Å². The third-order valence-corrected chi connectivity index (χ3v) is 4.73. The van der Waals surface area contributed by atoms with Crippen LogP contribution in [0.1, 0.15) is 46.3 Å². The molecule has 0 atom stereocenters. The monoisotopic (exact) mass is 356 g/mol. The molecular weight excluding hydrogens is 332 g/mol. The summed E-state index contributed by atoms with van der Waals surface area (Å²) in [7, 11) is 1.80. The fourth-order valence-electron chi connectivity index (χ4n) is 3.14. The van der Waals surface area contributed by atoms with Crippen molar-refractivity contribution in [2.24, 2.45) is 7.05 Å². The highest BCUT2D eigenvalue weighted by molar-refractivity contribution is 5.93. The molecule has 0 radical (unpaired) electrons. The van der Waals surface area contributed by atoms with Crippen molar-refractivity contribution in [1.29, 1.82) is 0 Å². The largest absolute Gasteiger partial charge is 0.478 e. The summed E-state index contributed by atoms with van der Waals surface area (Å²) in [6.07, 6.45) is 0. The Bertz CT molecular complexity index is 820. The molecule has 1 aliphatic heterocycles. The molecule has 138 valence electrons. The van der Waals surface area contributed by atoms with Gasteiger partial charge in [0, 0.05) is 38.9 Å². The van der Waals surface area contributed by atoms with Crippen LogP contribution in [-0.2, 0) is 7.05 Å². The molecule has 1 amide bonds. The van der Waals surface area contributed by atoms with Gasteiger partial charge >= 0.3 is 5.97 Å². The number of carboxylic acids is 1. The highest BCUT2D eigenvalue weighted by atomic mass is 16.4. The van der Waals surface area contributed by atoms with E-state index in [4.69, 9.17) is 5.11 Å². The van der Waals surface area contributed by atoms with Gasteiger partial charge in [-0.15, -0.1) is 0 Å². The van der Waals surface area contributed by atoms with Gasteiger partial charge in [0.15, 0.2) is 0 Å². The minimum Gasteiger partial charge on any atom is -0.478 e. The Morgan fingerprint density at radius 3 is 2.38 bits per heavy atom. The lowest BCUT2D eigenvalue weighted by Gasteiger charge is -2.36. The molecule has 2 aromatic rings. The number of carbonyl (C=O) groups excluding carboxylic acids is 1.